The molecule has 10 heteroatoms. The van der Waals surface area contributed by atoms with E-state index < -0.39 is 53.1 Å². The first-order chi connectivity index (χ1) is 18.0. The molecule has 0 aliphatic carbocycles. The molecule has 0 fully saturated rings. The lowest BCUT2D eigenvalue weighted by atomic mass is 9.86. The average Bonchev–Trinajstić information content (AvgIpc) is 2.86. The van der Waals surface area contributed by atoms with Crippen molar-refractivity contribution in [1.29, 1.82) is 0 Å². The molecule has 0 aliphatic rings. The van der Waals surface area contributed by atoms with E-state index in [1.165, 1.54) is 63.6 Å². The topological polar surface area (TPSA) is 91.8 Å². The van der Waals surface area contributed by atoms with Crippen LogP contribution in [0.1, 0.15) is 54.7 Å². The number of pyridine rings is 1. The molecular formula is C28H26F3NO6. The van der Waals surface area contributed by atoms with Crippen LogP contribution in [0, 0.1) is 23.4 Å². The van der Waals surface area contributed by atoms with Crippen molar-refractivity contribution >= 4 is 17.7 Å². The van der Waals surface area contributed by atoms with Crippen molar-refractivity contribution in [3.05, 3.63) is 89.0 Å². The Balaban J connectivity index is 1.82. The van der Waals surface area contributed by atoms with Gasteiger partial charge in [-0.2, -0.15) is 0 Å². The maximum Gasteiger partial charge on any atom is 0.309 e. The number of halogens is 3. The van der Waals surface area contributed by atoms with Gasteiger partial charge < -0.3 is 14.2 Å². The molecular weight excluding hydrogens is 503 g/mol. The Morgan fingerprint density at radius 2 is 1.61 bits per heavy atom. The Kier molecular flexibility index (Phi) is 9.22. The van der Waals surface area contributed by atoms with E-state index in [9.17, 15) is 27.6 Å². The van der Waals surface area contributed by atoms with Crippen LogP contribution in [0.25, 0.3) is 0 Å². The van der Waals surface area contributed by atoms with Crippen LogP contribution < -0.4 is 9.47 Å². The van der Waals surface area contributed by atoms with Crippen LogP contribution in [-0.2, 0) is 14.3 Å². The average molecular weight is 530 g/mol. The number of methoxy groups -OCH3 is 1. The van der Waals surface area contributed by atoms with Gasteiger partial charge in [-0.15, -0.1) is 0 Å². The Morgan fingerprint density at radius 3 is 2.21 bits per heavy atom. The van der Waals surface area contributed by atoms with Gasteiger partial charge in [0.05, 0.1) is 13.0 Å². The van der Waals surface area contributed by atoms with Crippen molar-refractivity contribution < 1.29 is 41.8 Å². The van der Waals surface area contributed by atoms with E-state index in [0.29, 0.717) is 11.6 Å². The molecule has 0 bridgehead atoms. The molecule has 3 atom stereocenters. The number of benzene rings is 2. The third-order valence-electron chi connectivity index (χ3n) is 5.79. The lowest BCUT2D eigenvalue weighted by Crippen LogP contribution is -2.28. The van der Waals surface area contributed by atoms with Crippen LogP contribution in [0.5, 0.6) is 11.5 Å². The zero-order valence-corrected chi connectivity index (χ0v) is 21.2. The molecule has 0 saturated carbocycles. The third kappa shape index (κ3) is 6.76. The Bertz CT molecular complexity index is 1330. The molecule has 3 rings (SSSR count). The first kappa shape index (κ1) is 28.4. The number of esters is 2. The summed E-state index contributed by atoms with van der Waals surface area (Å²) in [6, 6.07) is 9.65. The standard InChI is InChI=1S/C28H26F3NO6/c1-15(13-23(34)26-27(38-17(3)33)24(36-4)11-12-32-26)28(35)37-16(2)25(18-5-7-19(29)8-6-18)21-10-9-20(30)14-22(21)31/h5-12,14-16,25H,13H2,1-4H3/t15-,16+,25+/m1/s1. The molecule has 3 aromatic rings. The Hall–Kier alpha value is -4.21. The summed E-state index contributed by atoms with van der Waals surface area (Å²) in [7, 11) is 1.33. The fourth-order valence-electron chi connectivity index (χ4n) is 3.99. The normalized spacial score (nSPS) is 13.2. The van der Waals surface area contributed by atoms with Crippen LogP contribution in [0.3, 0.4) is 0 Å². The smallest absolute Gasteiger partial charge is 0.309 e. The van der Waals surface area contributed by atoms with Crippen LogP contribution in [0.15, 0.2) is 54.7 Å². The van der Waals surface area contributed by atoms with E-state index in [1.807, 2.05) is 0 Å². The van der Waals surface area contributed by atoms with Gasteiger partial charge in [0.1, 0.15) is 23.6 Å². The van der Waals surface area contributed by atoms with E-state index >= 15 is 0 Å². The van der Waals surface area contributed by atoms with Gasteiger partial charge in [-0.25, -0.2) is 18.2 Å². The summed E-state index contributed by atoms with van der Waals surface area (Å²) < 4.78 is 57.6. The largest absolute Gasteiger partial charge is 0.493 e. The molecule has 200 valence electrons. The van der Waals surface area contributed by atoms with Gasteiger partial charge >= 0.3 is 11.9 Å². The van der Waals surface area contributed by atoms with Crippen molar-refractivity contribution in [3.8, 4) is 11.5 Å². The second-order valence-electron chi connectivity index (χ2n) is 8.65. The quantitative estimate of drug-likeness (QED) is 0.256. The number of ketones is 1. The molecule has 38 heavy (non-hydrogen) atoms. The lowest BCUT2D eigenvalue weighted by molar-refractivity contribution is -0.153. The molecule has 1 aromatic heterocycles. The minimum Gasteiger partial charge on any atom is -0.493 e. The van der Waals surface area contributed by atoms with Gasteiger partial charge in [0.15, 0.2) is 17.2 Å². The van der Waals surface area contributed by atoms with Crippen LogP contribution >= 0.6 is 0 Å². The van der Waals surface area contributed by atoms with Gasteiger partial charge in [-0.3, -0.25) is 14.4 Å². The van der Waals surface area contributed by atoms with E-state index in [0.717, 1.165) is 13.0 Å². The summed E-state index contributed by atoms with van der Waals surface area (Å²) >= 11 is 0. The van der Waals surface area contributed by atoms with E-state index in [-0.39, 0.29) is 29.2 Å². The van der Waals surface area contributed by atoms with Crippen LogP contribution in [0.4, 0.5) is 13.2 Å². The monoisotopic (exact) mass is 529 g/mol. The first-order valence-corrected chi connectivity index (χ1v) is 11.7. The number of rotatable bonds is 10. The highest BCUT2D eigenvalue weighted by Crippen LogP contribution is 2.34. The predicted octanol–water partition coefficient (Wildman–Crippen LogP) is 5.41. The molecule has 0 saturated heterocycles. The fraction of sp³-hybridized carbons (Fsp3) is 0.286. The number of carbonyl (C=O) groups is 3. The van der Waals surface area contributed by atoms with Crippen molar-refractivity contribution in [3.63, 3.8) is 0 Å². The van der Waals surface area contributed by atoms with Crippen molar-refractivity contribution in [2.45, 2.75) is 39.2 Å². The minimum atomic E-state index is -0.975. The molecule has 0 spiro atoms. The molecule has 2 aromatic carbocycles. The Morgan fingerprint density at radius 1 is 0.947 bits per heavy atom. The van der Waals surface area contributed by atoms with Crippen molar-refractivity contribution in [1.82, 2.24) is 4.98 Å². The molecule has 0 N–H and O–H groups in total. The molecule has 1 heterocycles. The van der Waals surface area contributed by atoms with Crippen LogP contribution in [0.2, 0.25) is 0 Å². The second-order valence-corrected chi connectivity index (χ2v) is 8.65. The summed E-state index contributed by atoms with van der Waals surface area (Å²) in [4.78, 5) is 41.4. The number of hydrogen-bond donors (Lipinski definition) is 0. The van der Waals surface area contributed by atoms with Crippen molar-refractivity contribution in [2.24, 2.45) is 5.92 Å². The number of carbonyl (C=O) groups excluding carboxylic acids is 3. The minimum absolute atomic E-state index is 0.0497. The van der Waals surface area contributed by atoms with Gasteiger partial charge in [0.2, 0.25) is 5.75 Å². The Labute approximate surface area is 217 Å². The molecule has 0 radical (unpaired) electrons. The van der Waals surface area contributed by atoms with E-state index in [1.54, 1.807) is 0 Å². The predicted molar refractivity (Wildman–Crippen MR) is 130 cm³/mol. The van der Waals surface area contributed by atoms with Crippen LogP contribution in [-0.4, -0.2) is 35.9 Å². The van der Waals surface area contributed by atoms with Crippen molar-refractivity contribution in [2.75, 3.05) is 7.11 Å². The second kappa shape index (κ2) is 12.4. The third-order valence-corrected chi connectivity index (χ3v) is 5.79. The number of Topliss-reactive ketones (excluding diaryl/α,β-unsaturated/α-hetero) is 1. The highest BCUT2D eigenvalue weighted by atomic mass is 19.1. The summed E-state index contributed by atoms with van der Waals surface area (Å²) in [5.41, 5.74) is 0.297. The lowest BCUT2D eigenvalue weighted by Gasteiger charge is -2.26. The molecule has 7 nitrogen and oxygen atoms in total. The molecule has 0 amide bonds. The number of ether oxygens (including phenoxy) is 3. The van der Waals surface area contributed by atoms with Gasteiger partial charge in [0.25, 0.3) is 0 Å². The maximum atomic E-state index is 14.7. The van der Waals surface area contributed by atoms with E-state index in [4.69, 9.17) is 14.2 Å². The summed E-state index contributed by atoms with van der Waals surface area (Å²) in [6.45, 7) is 4.14. The molecule has 0 unspecified atom stereocenters. The van der Waals surface area contributed by atoms with E-state index in [2.05, 4.69) is 4.98 Å². The number of aromatic nitrogens is 1. The molecule has 0 aliphatic heterocycles. The highest BCUT2D eigenvalue weighted by molar-refractivity contribution is 5.99. The fourth-order valence-corrected chi connectivity index (χ4v) is 3.99. The zero-order valence-electron chi connectivity index (χ0n) is 21.2. The first-order valence-electron chi connectivity index (χ1n) is 11.7. The van der Waals surface area contributed by atoms with Gasteiger partial charge in [-0.05, 0) is 36.2 Å². The summed E-state index contributed by atoms with van der Waals surface area (Å²) in [5.74, 6) is -6.10. The summed E-state index contributed by atoms with van der Waals surface area (Å²) in [5, 5.41) is 0. The van der Waals surface area contributed by atoms with Gasteiger partial charge in [-0.1, -0.05) is 25.1 Å². The SMILES string of the molecule is COc1ccnc(C(=O)C[C@@H](C)C(=O)O[C@@H](C)[C@@H](c2ccc(F)cc2)c2ccc(F)cc2F)c1OC(C)=O. The number of nitrogens with zero attached hydrogens (tertiary/aromatic N) is 1. The number of hydrogen-bond acceptors (Lipinski definition) is 7. The summed E-state index contributed by atoms with van der Waals surface area (Å²) in [6.07, 6.45) is -0.0159. The maximum absolute atomic E-state index is 14.7. The highest BCUT2D eigenvalue weighted by Gasteiger charge is 2.31. The van der Waals surface area contributed by atoms with Gasteiger partial charge in [0, 0.05) is 37.6 Å². The zero-order chi connectivity index (χ0) is 28.0.